The predicted molar refractivity (Wildman–Crippen MR) is 70.0 cm³/mol. The Bertz CT molecular complexity index is 523. The molecule has 0 saturated carbocycles. The lowest BCUT2D eigenvalue weighted by Gasteiger charge is -2.10. The molecule has 0 saturated heterocycles. The molecule has 0 aliphatic carbocycles. The van der Waals surface area contributed by atoms with Crippen LogP contribution in [-0.2, 0) is 0 Å². The van der Waals surface area contributed by atoms with Crippen molar-refractivity contribution in [1.29, 1.82) is 0 Å². The number of hydrogen-bond acceptors (Lipinski definition) is 3. The molecule has 0 atom stereocenters. The molecule has 3 nitrogen and oxygen atoms in total. The van der Waals surface area contributed by atoms with Gasteiger partial charge in [-0.05, 0) is 26.0 Å². The lowest BCUT2D eigenvalue weighted by molar-refractivity contribution is 0.341. The normalized spacial score (nSPS) is 10.2. The number of nitrogens with zero attached hydrogens (tertiary/aromatic N) is 1. The molecule has 2 N–H and O–H groups in total. The Morgan fingerprint density at radius 1 is 1.29 bits per heavy atom. The van der Waals surface area contributed by atoms with Gasteiger partial charge in [0.05, 0.1) is 18.0 Å². The summed E-state index contributed by atoms with van der Waals surface area (Å²) in [4.78, 5) is 4.28. The number of nitrogens with two attached hydrogens (primary N) is 1. The van der Waals surface area contributed by atoms with E-state index in [-0.39, 0.29) is 0 Å². The number of para-hydroxylation sites is 1. The Morgan fingerprint density at radius 2 is 2.06 bits per heavy atom. The van der Waals surface area contributed by atoms with E-state index in [1.165, 1.54) is 0 Å². The summed E-state index contributed by atoms with van der Waals surface area (Å²) in [5, 5.41) is 0. The number of aryl methyl sites for hydroxylation is 1. The summed E-state index contributed by atoms with van der Waals surface area (Å²) in [6, 6.07) is 9.83. The highest BCUT2D eigenvalue weighted by atomic mass is 16.5. The van der Waals surface area contributed by atoms with Gasteiger partial charge in [0.25, 0.3) is 0 Å². The average Bonchev–Trinajstić information content (AvgIpc) is 2.34. The van der Waals surface area contributed by atoms with E-state index in [2.05, 4.69) is 4.98 Å². The third kappa shape index (κ3) is 2.38. The molecule has 1 aromatic heterocycles. The number of hydrogen-bond donors (Lipinski definition) is 1. The van der Waals surface area contributed by atoms with E-state index >= 15 is 0 Å². The predicted octanol–water partition coefficient (Wildman–Crippen LogP) is 3.04. The van der Waals surface area contributed by atoms with Gasteiger partial charge < -0.3 is 10.5 Å². The van der Waals surface area contributed by atoms with E-state index < -0.39 is 0 Å². The van der Waals surface area contributed by atoms with Gasteiger partial charge >= 0.3 is 0 Å². The van der Waals surface area contributed by atoms with Crippen molar-refractivity contribution in [2.24, 2.45) is 0 Å². The van der Waals surface area contributed by atoms with Crippen LogP contribution in [0.2, 0.25) is 0 Å². The first-order valence-electron chi connectivity index (χ1n) is 5.66. The summed E-state index contributed by atoms with van der Waals surface area (Å²) >= 11 is 0. The zero-order valence-corrected chi connectivity index (χ0v) is 10.1. The van der Waals surface area contributed by atoms with Crippen LogP contribution in [0.3, 0.4) is 0 Å². The summed E-state index contributed by atoms with van der Waals surface area (Å²) in [5.41, 5.74) is 9.44. The van der Waals surface area contributed by atoms with Crippen LogP contribution in [0.4, 0.5) is 5.69 Å². The largest absolute Gasteiger partial charge is 0.493 e. The molecule has 1 aromatic carbocycles. The Kier molecular flexibility index (Phi) is 3.28. The van der Waals surface area contributed by atoms with Crippen molar-refractivity contribution in [3.63, 3.8) is 0 Å². The van der Waals surface area contributed by atoms with Crippen molar-refractivity contribution < 1.29 is 4.74 Å². The van der Waals surface area contributed by atoms with Crippen LogP contribution in [0, 0.1) is 6.92 Å². The monoisotopic (exact) mass is 228 g/mol. The average molecular weight is 228 g/mol. The van der Waals surface area contributed by atoms with Gasteiger partial charge in [0.15, 0.2) is 0 Å². The molecule has 2 rings (SSSR count). The molecular weight excluding hydrogens is 212 g/mol. The molecule has 0 spiro atoms. The van der Waals surface area contributed by atoms with E-state index in [9.17, 15) is 0 Å². The standard InChI is InChI=1S/C14H16N2O/c1-3-17-14-7-5-4-6-12(14)11-8-13(15)10(2)16-9-11/h4-9H,3,15H2,1-2H3. The fraction of sp³-hybridized carbons (Fsp3) is 0.214. The van der Waals surface area contributed by atoms with E-state index in [1.807, 2.05) is 50.4 Å². The molecular formula is C14H16N2O. The second-order valence-corrected chi connectivity index (χ2v) is 3.83. The molecule has 17 heavy (non-hydrogen) atoms. The fourth-order valence-electron chi connectivity index (χ4n) is 1.68. The highest BCUT2D eigenvalue weighted by molar-refractivity contribution is 5.72. The summed E-state index contributed by atoms with van der Waals surface area (Å²) < 4.78 is 5.59. The third-order valence-corrected chi connectivity index (χ3v) is 2.62. The van der Waals surface area contributed by atoms with Gasteiger partial charge in [-0.1, -0.05) is 18.2 Å². The van der Waals surface area contributed by atoms with Crippen LogP contribution in [0.5, 0.6) is 5.75 Å². The lowest BCUT2D eigenvalue weighted by atomic mass is 10.1. The van der Waals surface area contributed by atoms with Gasteiger partial charge in [0.2, 0.25) is 0 Å². The minimum absolute atomic E-state index is 0.645. The highest BCUT2D eigenvalue weighted by Gasteiger charge is 2.06. The number of pyridine rings is 1. The molecule has 0 fully saturated rings. The number of nitrogen functional groups attached to an aromatic ring is 1. The number of rotatable bonds is 3. The molecule has 3 heteroatoms. The first kappa shape index (κ1) is 11.5. The molecule has 0 unspecified atom stereocenters. The maximum Gasteiger partial charge on any atom is 0.127 e. The summed E-state index contributed by atoms with van der Waals surface area (Å²) in [6.07, 6.45) is 1.82. The summed E-state index contributed by atoms with van der Waals surface area (Å²) in [7, 11) is 0. The van der Waals surface area contributed by atoms with Gasteiger partial charge in [-0.3, -0.25) is 4.98 Å². The SMILES string of the molecule is CCOc1ccccc1-c1cnc(C)c(N)c1. The number of aromatic nitrogens is 1. The lowest BCUT2D eigenvalue weighted by Crippen LogP contribution is -1.96. The topological polar surface area (TPSA) is 48.1 Å². The molecule has 2 aromatic rings. The second kappa shape index (κ2) is 4.87. The van der Waals surface area contributed by atoms with Crippen LogP contribution >= 0.6 is 0 Å². The van der Waals surface area contributed by atoms with Crippen LogP contribution in [0.1, 0.15) is 12.6 Å². The number of ether oxygens (including phenoxy) is 1. The minimum Gasteiger partial charge on any atom is -0.493 e. The van der Waals surface area contributed by atoms with Crippen molar-refractivity contribution in [3.8, 4) is 16.9 Å². The Hall–Kier alpha value is -2.03. The first-order valence-corrected chi connectivity index (χ1v) is 5.66. The summed E-state index contributed by atoms with van der Waals surface area (Å²) in [5.74, 6) is 0.861. The minimum atomic E-state index is 0.645. The maximum absolute atomic E-state index is 5.88. The third-order valence-electron chi connectivity index (χ3n) is 2.62. The molecule has 0 bridgehead atoms. The van der Waals surface area contributed by atoms with Crippen LogP contribution in [0.25, 0.3) is 11.1 Å². The van der Waals surface area contributed by atoms with Gasteiger partial charge in [0, 0.05) is 17.3 Å². The van der Waals surface area contributed by atoms with E-state index in [0.29, 0.717) is 12.3 Å². The van der Waals surface area contributed by atoms with Gasteiger partial charge in [0.1, 0.15) is 5.75 Å². The Labute approximate surface area is 101 Å². The van der Waals surface area contributed by atoms with Crippen molar-refractivity contribution in [2.75, 3.05) is 12.3 Å². The van der Waals surface area contributed by atoms with Gasteiger partial charge in [-0.25, -0.2) is 0 Å². The summed E-state index contributed by atoms with van der Waals surface area (Å²) in [6.45, 7) is 4.51. The van der Waals surface area contributed by atoms with Gasteiger partial charge in [-0.2, -0.15) is 0 Å². The highest BCUT2D eigenvalue weighted by Crippen LogP contribution is 2.30. The Balaban J connectivity index is 2.48. The van der Waals surface area contributed by atoms with Crippen LogP contribution < -0.4 is 10.5 Å². The molecule has 0 radical (unpaired) electrons. The van der Waals surface area contributed by atoms with E-state index in [0.717, 1.165) is 22.6 Å². The zero-order chi connectivity index (χ0) is 12.3. The van der Waals surface area contributed by atoms with Crippen molar-refractivity contribution in [3.05, 3.63) is 42.2 Å². The molecule has 0 amide bonds. The van der Waals surface area contributed by atoms with E-state index in [4.69, 9.17) is 10.5 Å². The maximum atomic E-state index is 5.88. The van der Waals surface area contributed by atoms with Crippen LogP contribution in [-0.4, -0.2) is 11.6 Å². The van der Waals surface area contributed by atoms with E-state index in [1.54, 1.807) is 0 Å². The quantitative estimate of drug-likeness (QED) is 0.878. The Morgan fingerprint density at radius 3 is 2.76 bits per heavy atom. The molecule has 0 aliphatic heterocycles. The molecule has 0 aliphatic rings. The first-order chi connectivity index (χ1) is 8.22. The van der Waals surface area contributed by atoms with Crippen LogP contribution in [0.15, 0.2) is 36.5 Å². The smallest absolute Gasteiger partial charge is 0.127 e. The second-order valence-electron chi connectivity index (χ2n) is 3.83. The molecule has 88 valence electrons. The van der Waals surface area contributed by atoms with Gasteiger partial charge in [-0.15, -0.1) is 0 Å². The van der Waals surface area contributed by atoms with Crippen molar-refractivity contribution in [1.82, 2.24) is 4.98 Å². The number of anilines is 1. The molecule has 1 heterocycles. The number of benzene rings is 1. The van der Waals surface area contributed by atoms with Crippen molar-refractivity contribution in [2.45, 2.75) is 13.8 Å². The van der Waals surface area contributed by atoms with Crippen molar-refractivity contribution >= 4 is 5.69 Å². The fourth-order valence-corrected chi connectivity index (χ4v) is 1.68. The zero-order valence-electron chi connectivity index (χ0n) is 10.1.